The Bertz CT molecular complexity index is 1640. The predicted octanol–water partition coefficient (Wildman–Crippen LogP) is 19.7. The molecule has 72 heavy (non-hydrogen) atoms. The molecule has 1 atom stereocenters. The van der Waals surface area contributed by atoms with Crippen LogP contribution >= 0.6 is 0 Å². The molecule has 0 rings (SSSR count). The first kappa shape index (κ1) is 67.3. The summed E-state index contributed by atoms with van der Waals surface area (Å²) in [6, 6.07) is 0. The van der Waals surface area contributed by atoms with E-state index in [1.54, 1.807) is 0 Å². The Morgan fingerprint density at radius 1 is 0.319 bits per heavy atom. The lowest BCUT2D eigenvalue weighted by Gasteiger charge is -2.15. The highest BCUT2D eigenvalue weighted by atomic mass is 16.6. The Hall–Kier alpha value is -4.74. The van der Waals surface area contributed by atoms with E-state index in [0.29, 0.717) is 12.8 Å². The molecular formula is C67H104O5. The third-order valence-electron chi connectivity index (χ3n) is 11.5. The monoisotopic (exact) mass is 989 g/mol. The summed E-state index contributed by atoms with van der Waals surface area (Å²) in [6.45, 7) is 3.88. The summed E-state index contributed by atoms with van der Waals surface area (Å²) in [7, 11) is 0. The highest BCUT2D eigenvalue weighted by Crippen LogP contribution is 2.13. The zero-order chi connectivity index (χ0) is 52.0. The van der Waals surface area contributed by atoms with E-state index in [0.717, 1.165) is 154 Å². The van der Waals surface area contributed by atoms with E-state index < -0.39 is 6.10 Å². The number of allylic oxidation sites excluding steroid dienone is 28. The molecule has 1 N–H and O–H groups in total. The summed E-state index contributed by atoms with van der Waals surface area (Å²) in [4.78, 5) is 24.5. The third kappa shape index (κ3) is 57.8. The molecule has 0 saturated heterocycles. The lowest BCUT2D eigenvalue weighted by Crippen LogP contribution is -2.28. The number of rotatable bonds is 50. The minimum atomic E-state index is -0.800. The summed E-state index contributed by atoms with van der Waals surface area (Å²) in [6.07, 6.45) is 94.5. The second-order valence-electron chi connectivity index (χ2n) is 18.2. The fourth-order valence-electron chi connectivity index (χ4n) is 7.28. The van der Waals surface area contributed by atoms with Gasteiger partial charge < -0.3 is 14.6 Å². The Morgan fingerprint density at radius 2 is 0.556 bits per heavy atom. The Kier molecular flexibility index (Phi) is 56.6. The van der Waals surface area contributed by atoms with Gasteiger partial charge in [0.2, 0.25) is 0 Å². The van der Waals surface area contributed by atoms with E-state index in [4.69, 9.17) is 9.47 Å². The first-order valence-corrected chi connectivity index (χ1v) is 28.7. The van der Waals surface area contributed by atoms with Crippen LogP contribution in [0.2, 0.25) is 0 Å². The van der Waals surface area contributed by atoms with Gasteiger partial charge in [-0.2, -0.15) is 0 Å². The lowest BCUT2D eigenvalue weighted by molar-refractivity contribution is -0.161. The first-order valence-electron chi connectivity index (χ1n) is 28.7. The third-order valence-corrected chi connectivity index (χ3v) is 11.5. The summed E-state index contributed by atoms with van der Waals surface area (Å²) in [5.74, 6) is -0.633. The van der Waals surface area contributed by atoms with Crippen molar-refractivity contribution < 1.29 is 24.2 Å². The highest BCUT2D eigenvalue weighted by molar-refractivity contribution is 5.70. The van der Waals surface area contributed by atoms with Crippen molar-refractivity contribution in [1.29, 1.82) is 0 Å². The van der Waals surface area contributed by atoms with E-state index in [1.165, 1.54) is 38.5 Å². The fourth-order valence-corrected chi connectivity index (χ4v) is 7.28. The topological polar surface area (TPSA) is 72.8 Å². The molecule has 0 aliphatic heterocycles. The summed E-state index contributed by atoms with van der Waals surface area (Å²) in [5.41, 5.74) is 0. The second-order valence-corrected chi connectivity index (χ2v) is 18.2. The average molecular weight is 990 g/mol. The Balaban J connectivity index is 3.65. The van der Waals surface area contributed by atoms with E-state index in [9.17, 15) is 14.7 Å². The van der Waals surface area contributed by atoms with E-state index in [2.05, 4.69) is 184 Å². The number of carbonyl (C=O) groups excluding carboxylic acids is 2. The number of hydrogen-bond acceptors (Lipinski definition) is 5. The van der Waals surface area contributed by atoms with Gasteiger partial charge in [-0.05, 0) is 128 Å². The van der Waals surface area contributed by atoms with Gasteiger partial charge in [0, 0.05) is 12.8 Å². The van der Waals surface area contributed by atoms with Crippen LogP contribution in [0.3, 0.4) is 0 Å². The van der Waals surface area contributed by atoms with Crippen LogP contribution < -0.4 is 0 Å². The number of aliphatic hydroxyl groups is 1. The van der Waals surface area contributed by atoms with Crippen LogP contribution in [0, 0.1) is 0 Å². The zero-order valence-electron chi connectivity index (χ0n) is 45.9. The molecule has 0 fully saturated rings. The van der Waals surface area contributed by atoms with Gasteiger partial charge in [-0.15, -0.1) is 0 Å². The molecule has 0 bridgehead atoms. The number of esters is 2. The predicted molar refractivity (Wildman–Crippen MR) is 315 cm³/mol. The number of hydrogen-bond donors (Lipinski definition) is 1. The van der Waals surface area contributed by atoms with Crippen LogP contribution in [0.4, 0.5) is 0 Å². The summed E-state index contributed by atoms with van der Waals surface area (Å²) in [5, 5.41) is 9.66. The van der Waals surface area contributed by atoms with Crippen LogP contribution in [0.1, 0.15) is 219 Å². The summed E-state index contributed by atoms with van der Waals surface area (Å²) < 4.78 is 10.7. The molecule has 0 aliphatic carbocycles. The van der Waals surface area contributed by atoms with Gasteiger partial charge in [0.1, 0.15) is 6.61 Å². The fraction of sp³-hybridized carbons (Fsp3) is 0.552. The molecule has 5 nitrogen and oxygen atoms in total. The van der Waals surface area contributed by atoms with Crippen molar-refractivity contribution in [3.63, 3.8) is 0 Å². The Labute approximate surface area is 443 Å². The van der Waals surface area contributed by atoms with Gasteiger partial charge >= 0.3 is 11.9 Å². The second kappa shape index (κ2) is 60.6. The number of unbranched alkanes of at least 4 members (excludes halogenated alkanes) is 14. The van der Waals surface area contributed by atoms with Crippen molar-refractivity contribution in [2.24, 2.45) is 0 Å². The maximum atomic E-state index is 12.3. The SMILES string of the molecule is CC/C=C\C/C=C\C/C=C\C/C=C\C/C=C\C/C=C\C/C=C\C/C=C\C/C=C\CCCCCCCC(=O)OC(CO)COC(=O)CCCCCCCCCCC/C=C\C/C=C\C/C=C\C/C=C\C/C=C\CC. The van der Waals surface area contributed by atoms with Crippen LogP contribution in [0.25, 0.3) is 0 Å². The van der Waals surface area contributed by atoms with Crippen LogP contribution in [0.5, 0.6) is 0 Å². The highest BCUT2D eigenvalue weighted by Gasteiger charge is 2.16. The minimum absolute atomic E-state index is 0.0890. The van der Waals surface area contributed by atoms with Gasteiger partial charge in [-0.25, -0.2) is 0 Å². The molecule has 0 aromatic carbocycles. The Morgan fingerprint density at radius 3 is 0.833 bits per heavy atom. The number of carbonyl (C=O) groups is 2. The molecule has 1 unspecified atom stereocenters. The molecule has 0 aliphatic rings. The molecule has 0 heterocycles. The van der Waals surface area contributed by atoms with Crippen molar-refractivity contribution in [2.45, 2.75) is 225 Å². The first-order chi connectivity index (χ1) is 35.6. The van der Waals surface area contributed by atoms with Crippen molar-refractivity contribution >= 4 is 11.9 Å². The van der Waals surface area contributed by atoms with Crippen LogP contribution in [0.15, 0.2) is 170 Å². The average Bonchev–Trinajstić information content (AvgIpc) is 3.38. The minimum Gasteiger partial charge on any atom is -0.462 e. The molecule has 0 radical (unpaired) electrons. The maximum absolute atomic E-state index is 12.3. The smallest absolute Gasteiger partial charge is 0.306 e. The van der Waals surface area contributed by atoms with Crippen molar-refractivity contribution in [3.8, 4) is 0 Å². The molecule has 402 valence electrons. The maximum Gasteiger partial charge on any atom is 0.306 e. The van der Waals surface area contributed by atoms with E-state index >= 15 is 0 Å². The standard InChI is InChI=1S/C67H104O5/c1-3-5-7-9-11-13-15-17-19-21-23-25-27-29-30-31-32-33-34-35-36-38-40-42-44-46-48-50-52-54-56-58-60-62-67(70)72-65(63-68)64-71-66(69)61-59-57-55-53-51-49-47-45-43-41-39-37-28-26-24-22-20-18-16-14-12-10-8-6-4-2/h5-8,11-14,17-20,23-26,29-30,32-33,35-37,39-40,42,46,48,65,68H,3-4,9-10,15-16,21-22,27-28,31,34,38,41,43-45,47,49-64H2,1-2H3/b7-5-,8-6-,13-11-,14-12-,19-17-,20-18-,25-23-,26-24-,30-29-,33-32-,36-35-,39-37-,42-40-,48-46-. The number of aliphatic hydroxyl groups excluding tert-OH is 1. The van der Waals surface area contributed by atoms with Gasteiger partial charge in [-0.1, -0.05) is 248 Å². The van der Waals surface area contributed by atoms with E-state index in [1.807, 2.05) is 0 Å². The van der Waals surface area contributed by atoms with Crippen molar-refractivity contribution in [3.05, 3.63) is 170 Å². The van der Waals surface area contributed by atoms with Gasteiger partial charge in [0.05, 0.1) is 6.61 Å². The molecule has 0 aromatic rings. The van der Waals surface area contributed by atoms with E-state index in [-0.39, 0.29) is 25.2 Å². The van der Waals surface area contributed by atoms with Crippen LogP contribution in [-0.4, -0.2) is 36.4 Å². The molecule has 5 heteroatoms. The van der Waals surface area contributed by atoms with Gasteiger partial charge in [0.15, 0.2) is 6.10 Å². The lowest BCUT2D eigenvalue weighted by atomic mass is 10.1. The summed E-state index contributed by atoms with van der Waals surface area (Å²) >= 11 is 0. The molecule has 0 spiro atoms. The van der Waals surface area contributed by atoms with Crippen molar-refractivity contribution in [2.75, 3.05) is 13.2 Å². The van der Waals surface area contributed by atoms with Crippen molar-refractivity contribution in [1.82, 2.24) is 0 Å². The molecule has 0 saturated carbocycles. The van der Waals surface area contributed by atoms with Gasteiger partial charge in [0.25, 0.3) is 0 Å². The molecular weight excluding hydrogens is 885 g/mol. The van der Waals surface area contributed by atoms with Crippen LogP contribution in [-0.2, 0) is 19.1 Å². The quantitative estimate of drug-likeness (QED) is 0.0373. The number of ether oxygens (including phenoxy) is 2. The largest absolute Gasteiger partial charge is 0.462 e. The molecule has 0 aromatic heterocycles. The molecule has 0 amide bonds. The zero-order valence-corrected chi connectivity index (χ0v) is 45.9. The normalized spacial score (nSPS) is 13.5. The van der Waals surface area contributed by atoms with Gasteiger partial charge in [-0.3, -0.25) is 9.59 Å².